The second-order valence-electron chi connectivity index (χ2n) is 5.71. The van der Waals surface area contributed by atoms with Gasteiger partial charge in [0, 0.05) is 13.0 Å². The molecule has 0 spiro atoms. The second-order valence-corrected chi connectivity index (χ2v) is 5.71. The molecule has 2 N–H and O–H groups in total. The van der Waals surface area contributed by atoms with Gasteiger partial charge in [0.05, 0.1) is 0 Å². The first-order valence-electron chi connectivity index (χ1n) is 7.70. The lowest BCUT2D eigenvalue weighted by atomic mass is 10.0. The van der Waals surface area contributed by atoms with Crippen molar-refractivity contribution in [1.29, 1.82) is 0 Å². The molecule has 0 saturated carbocycles. The molecule has 110 valence electrons. The Morgan fingerprint density at radius 1 is 1.37 bits per heavy atom. The van der Waals surface area contributed by atoms with Crippen LogP contribution in [0.5, 0.6) is 0 Å². The number of nitrogens with one attached hydrogen (secondary N) is 2. The molecule has 19 heavy (non-hydrogen) atoms. The highest BCUT2D eigenvalue weighted by atomic mass is 16.2. The quantitative estimate of drug-likeness (QED) is 0.631. The van der Waals surface area contributed by atoms with Crippen LogP contribution in [0.1, 0.15) is 65.2 Å². The third-order valence-corrected chi connectivity index (χ3v) is 3.74. The summed E-state index contributed by atoms with van der Waals surface area (Å²) in [6.45, 7) is 5.12. The number of rotatable bonds is 9. The lowest BCUT2D eigenvalue weighted by molar-refractivity contribution is -0.125. The predicted molar refractivity (Wildman–Crippen MR) is 76.7 cm³/mol. The molecule has 1 aliphatic rings. The summed E-state index contributed by atoms with van der Waals surface area (Å²) in [6.07, 6.45) is 8.75. The predicted octanol–water partition coefficient (Wildman–Crippen LogP) is 2.38. The van der Waals surface area contributed by atoms with Crippen molar-refractivity contribution in [2.45, 2.75) is 71.3 Å². The highest BCUT2D eigenvalue weighted by molar-refractivity contribution is 5.90. The average molecular weight is 268 g/mol. The molecule has 2 amide bonds. The van der Waals surface area contributed by atoms with E-state index >= 15 is 0 Å². The summed E-state index contributed by atoms with van der Waals surface area (Å²) in [5.74, 6) is 0.482. The molecule has 0 aliphatic carbocycles. The van der Waals surface area contributed by atoms with Crippen LogP contribution in [0.15, 0.2) is 0 Å². The number of carbonyl (C=O) groups is 2. The minimum Gasteiger partial charge on any atom is -0.354 e. The van der Waals surface area contributed by atoms with E-state index in [1.807, 2.05) is 0 Å². The summed E-state index contributed by atoms with van der Waals surface area (Å²) in [6, 6.07) is -0.302. The molecule has 0 bridgehead atoms. The van der Waals surface area contributed by atoms with Crippen LogP contribution in [0.4, 0.5) is 0 Å². The van der Waals surface area contributed by atoms with Crippen LogP contribution in [0.3, 0.4) is 0 Å². The first-order valence-corrected chi connectivity index (χ1v) is 7.70. The Morgan fingerprint density at radius 2 is 2.11 bits per heavy atom. The Morgan fingerprint density at radius 3 is 2.74 bits per heavy atom. The van der Waals surface area contributed by atoms with Gasteiger partial charge in [0.25, 0.3) is 0 Å². The number of hydrogen-bond acceptors (Lipinski definition) is 2. The number of carbonyl (C=O) groups excluding carboxylic acids is 2. The fourth-order valence-electron chi connectivity index (χ4n) is 2.41. The van der Waals surface area contributed by atoms with E-state index < -0.39 is 0 Å². The van der Waals surface area contributed by atoms with Gasteiger partial charge in [-0.1, -0.05) is 46.0 Å². The zero-order chi connectivity index (χ0) is 14.1. The van der Waals surface area contributed by atoms with Crippen molar-refractivity contribution in [2.75, 3.05) is 6.54 Å². The van der Waals surface area contributed by atoms with E-state index in [1.165, 1.54) is 38.5 Å². The Labute approximate surface area is 116 Å². The molecule has 1 heterocycles. The summed E-state index contributed by atoms with van der Waals surface area (Å²) in [4.78, 5) is 22.8. The third-order valence-electron chi connectivity index (χ3n) is 3.74. The highest BCUT2D eigenvalue weighted by Gasteiger charge is 2.26. The molecule has 4 nitrogen and oxygen atoms in total. The molecule has 0 aromatic carbocycles. The number of amides is 2. The summed E-state index contributed by atoms with van der Waals surface area (Å²) in [5.41, 5.74) is 0. The number of unbranched alkanes of at least 4 members (excludes halogenated alkanes) is 4. The minimum absolute atomic E-state index is 0.0101. The normalized spacial score (nSPS) is 20.1. The fourth-order valence-corrected chi connectivity index (χ4v) is 2.41. The van der Waals surface area contributed by atoms with Crippen molar-refractivity contribution in [3.05, 3.63) is 0 Å². The van der Waals surface area contributed by atoms with Gasteiger partial charge in [-0.05, 0) is 18.8 Å². The van der Waals surface area contributed by atoms with Crippen molar-refractivity contribution < 1.29 is 9.59 Å². The lowest BCUT2D eigenvalue weighted by Crippen LogP contribution is -2.42. The van der Waals surface area contributed by atoms with Crippen molar-refractivity contribution in [3.8, 4) is 0 Å². The largest absolute Gasteiger partial charge is 0.354 e. The standard InChI is InChI=1S/C15H28N2O2/c1-3-4-5-6-7-8-12(2)11-16-15(19)13-9-10-14(18)17-13/h12-13H,3-11H2,1-2H3,(H,16,19)(H,17,18)/t12-,13+/m0/s1. The van der Waals surface area contributed by atoms with Crippen LogP contribution in [-0.4, -0.2) is 24.4 Å². The van der Waals surface area contributed by atoms with Crippen molar-refractivity contribution in [1.82, 2.24) is 10.6 Å². The number of hydrogen-bond donors (Lipinski definition) is 2. The highest BCUT2D eigenvalue weighted by Crippen LogP contribution is 2.11. The monoisotopic (exact) mass is 268 g/mol. The van der Waals surface area contributed by atoms with E-state index in [0.717, 1.165) is 6.54 Å². The van der Waals surface area contributed by atoms with Crippen LogP contribution in [0.2, 0.25) is 0 Å². The van der Waals surface area contributed by atoms with E-state index in [2.05, 4.69) is 24.5 Å². The van der Waals surface area contributed by atoms with E-state index in [4.69, 9.17) is 0 Å². The summed E-state index contributed by atoms with van der Waals surface area (Å²) in [5, 5.41) is 5.64. The maximum atomic E-state index is 11.8. The molecule has 0 aromatic rings. The molecule has 4 heteroatoms. The van der Waals surface area contributed by atoms with Gasteiger partial charge < -0.3 is 10.6 Å². The van der Waals surface area contributed by atoms with E-state index in [-0.39, 0.29) is 17.9 Å². The third kappa shape index (κ3) is 6.60. The molecule has 1 rings (SSSR count). The topological polar surface area (TPSA) is 58.2 Å². The Hall–Kier alpha value is -1.06. The van der Waals surface area contributed by atoms with Gasteiger partial charge in [-0.3, -0.25) is 9.59 Å². The molecule has 2 atom stereocenters. The molecule has 1 fully saturated rings. The van der Waals surface area contributed by atoms with Gasteiger partial charge in [-0.15, -0.1) is 0 Å². The van der Waals surface area contributed by atoms with Gasteiger partial charge in [0.15, 0.2) is 0 Å². The zero-order valence-electron chi connectivity index (χ0n) is 12.3. The van der Waals surface area contributed by atoms with Gasteiger partial charge in [0.2, 0.25) is 11.8 Å². The first-order chi connectivity index (χ1) is 9.13. The molecule has 1 aliphatic heterocycles. The molecule has 0 radical (unpaired) electrons. The summed E-state index contributed by atoms with van der Waals surface area (Å²) < 4.78 is 0. The van der Waals surface area contributed by atoms with Gasteiger partial charge >= 0.3 is 0 Å². The second kappa shape index (κ2) is 8.94. The Kier molecular flexibility index (Phi) is 7.53. The fraction of sp³-hybridized carbons (Fsp3) is 0.867. The van der Waals surface area contributed by atoms with Crippen LogP contribution in [-0.2, 0) is 9.59 Å². The van der Waals surface area contributed by atoms with Crippen molar-refractivity contribution in [2.24, 2.45) is 5.92 Å². The van der Waals surface area contributed by atoms with Crippen LogP contribution in [0.25, 0.3) is 0 Å². The molecular weight excluding hydrogens is 240 g/mol. The smallest absolute Gasteiger partial charge is 0.242 e. The van der Waals surface area contributed by atoms with Crippen LogP contribution >= 0.6 is 0 Å². The molecular formula is C15H28N2O2. The minimum atomic E-state index is -0.302. The molecule has 1 saturated heterocycles. The average Bonchev–Trinajstić information content (AvgIpc) is 2.82. The first kappa shape index (κ1) is 16.0. The van der Waals surface area contributed by atoms with Crippen LogP contribution in [0, 0.1) is 5.92 Å². The van der Waals surface area contributed by atoms with E-state index in [9.17, 15) is 9.59 Å². The Bertz CT molecular complexity index is 292. The Balaban J connectivity index is 2.04. The maximum absolute atomic E-state index is 11.8. The van der Waals surface area contributed by atoms with E-state index in [0.29, 0.717) is 18.8 Å². The zero-order valence-corrected chi connectivity index (χ0v) is 12.3. The SMILES string of the molecule is CCCCCCC[C@H](C)CNC(=O)[C@H]1CCC(=O)N1. The summed E-state index contributed by atoms with van der Waals surface area (Å²) in [7, 11) is 0. The van der Waals surface area contributed by atoms with Gasteiger partial charge in [-0.2, -0.15) is 0 Å². The van der Waals surface area contributed by atoms with Crippen molar-refractivity contribution >= 4 is 11.8 Å². The van der Waals surface area contributed by atoms with Crippen molar-refractivity contribution in [3.63, 3.8) is 0 Å². The summed E-state index contributed by atoms with van der Waals surface area (Å²) >= 11 is 0. The molecule has 0 unspecified atom stereocenters. The van der Waals surface area contributed by atoms with Gasteiger partial charge in [-0.25, -0.2) is 0 Å². The molecule has 0 aromatic heterocycles. The van der Waals surface area contributed by atoms with E-state index in [1.54, 1.807) is 0 Å². The lowest BCUT2D eigenvalue weighted by Gasteiger charge is -2.15. The van der Waals surface area contributed by atoms with Gasteiger partial charge in [0.1, 0.15) is 6.04 Å². The van der Waals surface area contributed by atoms with Crippen LogP contribution < -0.4 is 10.6 Å². The maximum Gasteiger partial charge on any atom is 0.242 e.